The lowest BCUT2D eigenvalue weighted by atomic mass is 9.76. The summed E-state index contributed by atoms with van der Waals surface area (Å²) in [5.41, 5.74) is 1.05. The molecule has 0 unspecified atom stereocenters. The third kappa shape index (κ3) is 3.49. The van der Waals surface area contributed by atoms with Gasteiger partial charge in [-0.05, 0) is 25.2 Å². The summed E-state index contributed by atoms with van der Waals surface area (Å²) in [6.45, 7) is 4.82. The Kier molecular flexibility index (Phi) is 4.27. The van der Waals surface area contributed by atoms with Gasteiger partial charge >= 0.3 is 0 Å². The normalized spacial score (nSPS) is 16.0. The Morgan fingerprint density at radius 1 is 1.39 bits per heavy atom. The summed E-state index contributed by atoms with van der Waals surface area (Å²) in [5, 5.41) is 10.1. The van der Waals surface area contributed by atoms with Gasteiger partial charge < -0.3 is 15.2 Å². The molecule has 2 aromatic rings. The van der Waals surface area contributed by atoms with Crippen LogP contribution in [-0.4, -0.2) is 33.1 Å². The summed E-state index contributed by atoms with van der Waals surface area (Å²) in [4.78, 5) is 20.7. The van der Waals surface area contributed by atoms with Crippen LogP contribution in [0.3, 0.4) is 0 Å². The number of carbonyl (C=O) groups is 1. The first-order valence-electron chi connectivity index (χ1n) is 7.87. The van der Waals surface area contributed by atoms with Crippen LogP contribution >= 0.6 is 0 Å². The van der Waals surface area contributed by atoms with E-state index in [2.05, 4.69) is 39.6 Å². The lowest BCUT2D eigenvalue weighted by Crippen LogP contribution is -2.57. The van der Waals surface area contributed by atoms with Crippen LogP contribution in [0.25, 0.3) is 0 Å². The predicted molar refractivity (Wildman–Crippen MR) is 85.2 cm³/mol. The van der Waals surface area contributed by atoms with E-state index >= 15 is 0 Å². The molecule has 0 bridgehead atoms. The molecule has 23 heavy (non-hydrogen) atoms. The molecule has 1 aliphatic rings. The molecule has 0 radical (unpaired) electrons. The molecule has 0 atom stereocenters. The van der Waals surface area contributed by atoms with E-state index in [4.69, 9.17) is 4.52 Å². The quantitative estimate of drug-likeness (QED) is 0.850. The SMILES string of the molecule is CC(C)c1cc(NCC2(NC(=O)c3ccon3)CCC2)ncn1. The number of rotatable bonds is 6. The van der Waals surface area contributed by atoms with Gasteiger partial charge in [-0.2, -0.15) is 0 Å². The fraction of sp³-hybridized carbons (Fsp3) is 0.500. The second kappa shape index (κ2) is 6.36. The largest absolute Gasteiger partial charge is 0.368 e. The predicted octanol–water partition coefficient (Wildman–Crippen LogP) is 2.35. The van der Waals surface area contributed by atoms with Crippen LogP contribution in [0.4, 0.5) is 5.82 Å². The van der Waals surface area contributed by atoms with E-state index in [1.807, 2.05) is 6.07 Å². The maximum atomic E-state index is 12.2. The molecule has 0 spiro atoms. The Balaban J connectivity index is 1.63. The molecule has 2 heterocycles. The lowest BCUT2D eigenvalue weighted by molar-refractivity contribution is 0.0833. The van der Waals surface area contributed by atoms with Gasteiger partial charge in [0.15, 0.2) is 5.69 Å². The molecule has 7 nitrogen and oxygen atoms in total. The highest BCUT2D eigenvalue weighted by atomic mass is 16.5. The minimum Gasteiger partial charge on any atom is -0.368 e. The van der Waals surface area contributed by atoms with Gasteiger partial charge in [-0.3, -0.25) is 4.79 Å². The van der Waals surface area contributed by atoms with E-state index < -0.39 is 0 Å². The maximum absolute atomic E-state index is 12.2. The van der Waals surface area contributed by atoms with Gasteiger partial charge in [0.1, 0.15) is 18.4 Å². The molecule has 1 fully saturated rings. The minimum absolute atomic E-state index is 0.203. The van der Waals surface area contributed by atoms with Gasteiger partial charge in [-0.25, -0.2) is 9.97 Å². The first kappa shape index (κ1) is 15.5. The number of amides is 1. The summed E-state index contributed by atoms with van der Waals surface area (Å²) in [6, 6.07) is 3.52. The number of hydrogen-bond acceptors (Lipinski definition) is 6. The van der Waals surface area contributed by atoms with Crippen molar-refractivity contribution in [3.05, 3.63) is 36.1 Å². The Hall–Kier alpha value is -2.44. The molecule has 1 saturated carbocycles. The topological polar surface area (TPSA) is 92.9 Å². The van der Waals surface area contributed by atoms with Crippen LogP contribution in [0.2, 0.25) is 0 Å². The molecule has 122 valence electrons. The van der Waals surface area contributed by atoms with Crippen LogP contribution in [0.5, 0.6) is 0 Å². The van der Waals surface area contributed by atoms with Crippen LogP contribution in [0.1, 0.15) is 55.2 Å². The summed E-state index contributed by atoms with van der Waals surface area (Å²) in [7, 11) is 0. The average molecular weight is 315 g/mol. The van der Waals surface area contributed by atoms with Crippen LogP contribution in [-0.2, 0) is 0 Å². The lowest BCUT2D eigenvalue weighted by Gasteiger charge is -2.42. The van der Waals surface area contributed by atoms with Crippen molar-refractivity contribution in [3.63, 3.8) is 0 Å². The summed E-state index contributed by atoms with van der Waals surface area (Å²) < 4.78 is 4.72. The number of carbonyl (C=O) groups excluding carboxylic acids is 1. The van der Waals surface area contributed by atoms with E-state index in [1.54, 1.807) is 12.4 Å². The van der Waals surface area contributed by atoms with Gasteiger partial charge in [-0.1, -0.05) is 19.0 Å². The molecule has 1 amide bonds. The van der Waals surface area contributed by atoms with Crippen molar-refractivity contribution in [2.75, 3.05) is 11.9 Å². The van der Waals surface area contributed by atoms with Crippen molar-refractivity contribution in [3.8, 4) is 0 Å². The smallest absolute Gasteiger partial charge is 0.273 e. The van der Waals surface area contributed by atoms with E-state index in [1.165, 1.54) is 6.26 Å². The molecule has 2 aromatic heterocycles. The van der Waals surface area contributed by atoms with Gasteiger partial charge in [0.25, 0.3) is 5.91 Å². The summed E-state index contributed by atoms with van der Waals surface area (Å²) >= 11 is 0. The highest BCUT2D eigenvalue weighted by Crippen LogP contribution is 2.32. The van der Waals surface area contributed by atoms with E-state index in [9.17, 15) is 4.79 Å². The Morgan fingerprint density at radius 2 is 2.22 bits per heavy atom. The first-order valence-corrected chi connectivity index (χ1v) is 7.87. The van der Waals surface area contributed by atoms with Crippen molar-refractivity contribution in [1.29, 1.82) is 0 Å². The van der Waals surface area contributed by atoms with E-state index in [-0.39, 0.29) is 11.4 Å². The molecule has 0 saturated heterocycles. The van der Waals surface area contributed by atoms with Crippen molar-refractivity contribution in [1.82, 2.24) is 20.4 Å². The zero-order chi connectivity index (χ0) is 16.3. The van der Waals surface area contributed by atoms with Crippen molar-refractivity contribution >= 4 is 11.7 Å². The second-order valence-corrected chi connectivity index (χ2v) is 6.31. The fourth-order valence-electron chi connectivity index (χ4n) is 2.63. The van der Waals surface area contributed by atoms with Gasteiger partial charge in [-0.15, -0.1) is 0 Å². The fourth-order valence-corrected chi connectivity index (χ4v) is 2.63. The monoisotopic (exact) mass is 315 g/mol. The second-order valence-electron chi connectivity index (χ2n) is 6.31. The first-order chi connectivity index (χ1) is 11.1. The van der Waals surface area contributed by atoms with E-state index in [0.29, 0.717) is 18.2 Å². The third-order valence-electron chi connectivity index (χ3n) is 4.25. The Labute approximate surface area is 134 Å². The summed E-state index contributed by atoms with van der Waals surface area (Å²) in [6.07, 6.45) is 5.94. The molecule has 3 rings (SSSR count). The number of aromatic nitrogens is 3. The minimum atomic E-state index is -0.251. The highest BCUT2D eigenvalue weighted by molar-refractivity contribution is 5.92. The molecule has 2 N–H and O–H groups in total. The zero-order valence-corrected chi connectivity index (χ0v) is 13.4. The number of nitrogens with zero attached hydrogens (tertiary/aromatic N) is 3. The molecule has 7 heteroatoms. The number of anilines is 1. The van der Waals surface area contributed by atoms with Crippen molar-refractivity contribution < 1.29 is 9.32 Å². The van der Waals surface area contributed by atoms with Gasteiger partial charge in [0.2, 0.25) is 0 Å². The Bertz CT molecular complexity index is 665. The molecule has 0 aliphatic heterocycles. The molecular weight excluding hydrogens is 294 g/mol. The highest BCUT2D eigenvalue weighted by Gasteiger charge is 2.38. The molecule has 0 aromatic carbocycles. The van der Waals surface area contributed by atoms with Crippen molar-refractivity contribution in [2.24, 2.45) is 0 Å². The number of hydrogen-bond donors (Lipinski definition) is 2. The van der Waals surface area contributed by atoms with Gasteiger partial charge in [0, 0.05) is 24.4 Å². The Morgan fingerprint density at radius 3 is 2.83 bits per heavy atom. The van der Waals surface area contributed by atoms with Crippen LogP contribution in [0.15, 0.2) is 29.2 Å². The van der Waals surface area contributed by atoms with Crippen LogP contribution in [0, 0.1) is 0 Å². The average Bonchev–Trinajstić information content (AvgIpc) is 3.04. The van der Waals surface area contributed by atoms with Crippen molar-refractivity contribution in [2.45, 2.75) is 44.6 Å². The molecule has 1 aliphatic carbocycles. The standard InChI is InChI=1S/C16H21N5O2/c1-11(2)13-8-14(19-10-18-13)17-9-16(5-3-6-16)20-15(22)12-4-7-23-21-12/h4,7-8,10-11H,3,5-6,9H2,1-2H3,(H,20,22)(H,17,18,19). The van der Waals surface area contributed by atoms with Crippen LogP contribution < -0.4 is 10.6 Å². The zero-order valence-electron chi connectivity index (χ0n) is 13.4. The molecular formula is C16H21N5O2. The number of nitrogens with one attached hydrogen (secondary N) is 2. The maximum Gasteiger partial charge on any atom is 0.273 e. The van der Waals surface area contributed by atoms with Gasteiger partial charge in [0.05, 0.1) is 5.54 Å². The third-order valence-corrected chi connectivity index (χ3v) is 4.25. The van der Waals surface area contributed by atoms with E-state index in [0.717, 1.165) is 30.8 Å². The summed E-state index contributed by atoms with van der Waals surface area (Å²) in [5.74, 6) is 0.930.